The zero-order valence-electron chi connectivity index (χ0n) is 16.6. The highest BCUT2D eigenvalue weighted by molar-refractivity contribution is 8.14. The van der Waals surface area contributed by atoms with Gasteiger partial charge in [0, 0.05) is 35.9 Å². The van der Waals surface area contributed by atoms with Crippen LogP contribution in [0, 0.1) is 13.8 Å². The molecule has 0 radical (unpaired) electrons. The van der Waals surface area contributed by atoms with Crippen LogP contribution in [-0.4, -0.2) is 41.0 Å². The van der Waals surface area contributed by atoms with E-state index in [0.717, 1.165) is 47.6 Å². The van der Waals surface area contributed by atoms with E-state index < -0.39 is 0 Å². The van der Waals surface area contributed by atoms with Crippen LogP contribution in [0.25, 0.3) is 0 Å². The van der Waals surface area contributed by atoms with Crippen LogP contribution in [-0.2, 0) is 11.3 Å². The number of hydrogen-bond donors (Lipinski definition) is 1. The van der Waals surface area contributed by atoms with Crippen LogP contribution < -0.4 is 10.2 Å². The fourth-order valence-corrected chi connectivity index (χ4v) is 4.43. The normalized spacial score (nSPS) is 20.9. The number of nitrogens with zero attached hydrogens (tertiary/aromatic N) is 3. The third-order valence-electron chi connectivity index (χ3n) is 5.23. The van der Waals surface area contributed by atoms with E-state index in [1.165, 1.54) is 23.4 Å². The number of nitrogens with one attached hydrogen (secondary N) is 1. The lowest BCUT2D eigenvalue weighted by atomic mass is 10.1. The molecule has 2 aliphatic rings. The first-order valence-corrected chi connectivity index (χ1v) is 10.6. The molecule has 0 amide bonds. The number of aryl methyl sites for hydroxylation is 1. The van der Waals surface area contributed by atoms with Gasteiger partial charge in [-0.2, -0.15) is 5.10 Å². The van der Waals surface area contributed by atoms with Crippen molar-refractivity contribution in [3.8, 4) is 5.75 Å². The average molecular weight is 399 g/mol. The molecule has 0 spiro atoms. The number of hydrazone groups is 1. The quantitative estimate of drug-likeness (QED) is 0.826. The molecule has 0 aliphatic carbocycles. The molecule has 1 unspecified atom stereocenters. The van der Waals surface area contributed by atoms with Crippen molar-refractivity contribution in [2.75, 3.05) is 19.5 Å². The summed E-state index contributed by atoms with van der Waals surface area (Å²) in [4.78, 5) is 4.62. The predicted molar refractivity (Wildman–Crippen MR) is 115 cm³/mol. The van der Waals surface area contributed by atoms with Crippen LogP contribution in [0.5, 0.6) is 5.75 Å². The van der Waals surface area contributed by atoms with E-state index in [0.29, 0.717) is 6.10 Å². The van der Waals surface area contributed by atoms with Gasteiger partial charge < -0.3 is 14.0 Å². The lowest BCUT2D eigenvalue weighted by Crippen LogP contribution is -2.25. The number of amidine groups is 1. The number of ether oxygens (including phenoxy) is 2. The third kappa shape index (κ3) is 4.10. The number of methoxy groups -OCH3 is 1. The summed E-state index contributed by atoms with van der Waals surface area (Å²) < 4.78 is 13.4. The average Bonchev–Trinajstić information content (AvgIpc) is 3.33. The van der Waals surface area contributed by atoms with Crippen LogP contribution >= 0.6 is 11.8 Å². The summed E-state index contributed by atoms with van der Waals surface area (Å²) in [7, 11) is 1.66. The summed E-state index contributed by atoms with van der Waals surface area (Å²) in [6, 6.07) is 9.92. The molecule has 2 aliphatic heterocycles. The summed E-state index contributed by atoms with van der Waals surface area (Å²) in [5, 5.41) is 5.41. The molecule has 148 valence electrons. The largest absolute Gasteiger partial charge is 0.497 e. The number of benzene rings is 1. The van der Waals surface area contributed by atoms with Gasteiger partial charge in [-0.1, -0.05) is 11.8 Å². The topological polar surface area (TPSA) is 60.1 Å². The van der Waals surface area contributed by atoms with Crippen molar-refractivity contribution in [2.45, 2.75) is 39.3 Å². The summed E-state index contributed by atoms with van der Waals surface area (Å²) in [6.07, 6.45) is 2.65. The molecule has 0 bridgehead atoms. The van der Waals surface area contributed by atoms with Crippen molar-refractivity contribution in [1.29, 1.82) is 0 Å². The van der Waals surface area contributed by atoms with E-state index in [4.69, 9.17) is 9.47 Å². The minimum Gasteiger partial charge on any atom is -0.497 e. The summed E-state index contributed by atoms with van der Waals surface area (Å²) in [5.41, 5.74) is 8.77. The smallest absolute Gasteiger partial charge is 0.182 e. The van der Waals surface area contributed by atoms with Crippen LogP contribution in [0.15, 0.2) is 40.4 Å². The predicted octanol–water partition coefficient (Wildman–Crippen LogP) is 4.02. The van der Waals surface area contributed by atoms with E-state index in [9.17, 15) is 0 Å². The minimum absolute atomic E-state index is 0.335. The van der Waals surface area contributed by atoms with Gasteiger partial charge in [0.25, 0.3) is 0 Å². The number of aliphatic imine (C=N–C) groups is 1. The van der Waals surface area contributed by atoms with E-state index in [1.54, 1.807) is 18.9 Å². The number of hydrogen-bond acceptors (Lipinski definition) is 5. The zero-order valence-corrected chi connectivity index (χ0v) is 17.4. The molecule has 1 aromatic heterocycles. The number of aromatic nitrogens is 1. The van der Waals surface area contributed by atoms with Gasteiger partial charge in [0.05, 0.1) is 24.6 Å². The van der Waals surface area contributed by atoms with Gasteiger partial charge in [-0.3, -0.25) is 5.43 Å². The molecule has 1 N–H and O–H groups in total. The van der Waals surface area contributed by atoms with Crippen molar-refractivity contribution in [3.05, 3.63) is 47.3 Å². The summed E-state index contributed by atoms with van der Waals surface area (Å²) >= 11 is 1.67. The van der Waals surface area contributed by atoms with E-state index in [2.05, 4.69) is 40.0 Å². The summed E-state index contributed by atoms with van der Waals surface area (Å²) in [6.45, 7) is 6.15. The molecule has 1 fully saturated rings. The van der Waals surface area contributed by atoms with Gasteiger partial charge in [-0.15, -0.1) is 0 Å². The Morgan fingerprint density at radius 3 is 2.79 bits per heavy atom. The third-order valence-corrected chi connectivity index (χ3v) is 6.10. The molecule has 0 saturated carbocycles. The molecule has 1 aromatic carbocycles. The van der Waals surface area contributed by atoms with E-state index in [1.807, 2.05) is 24.3 Å². The van der Waals surface area contributed by atoms with Gasteiger partial charge >= 0.3 is 0 Å². The Bertz CT molecular complexity index is 896. The number of thioether (sulfide) groups is 1. The molecule has 3 heterocycles. The highest BCUT2D eigenvalue weighted by Gasteiger charge is 2.22. The van der Waals surface area contributed by atoms with Crippen molar-refractivity contribution in [3.63, 3.8) is 0 Å². The molecule has 4 rings (SSSR count). The molecule has 1 atom stereocenters. The van der Waals surface area contributed by atoms with Gasteiger partial charge in [0.15, 0.2) is 5.17 Å². The first-order valence-electron chi connectivity index (χ1n) is 9.61. The molecular weight excluding hydrogens is 372 g/mol. The number of rotatable bonds is 5. The maximum atomic E-state index is 5.82. The van der Waals surface area contributed by atoms with Crippen LogP contribution in [0.3, 0.4) is 0 Å². The van der Waals surface area contributed by atoms with E-state index in [-0.39, 0.29) is 0 Å². The van der Waals surface area contributed by atoms with Gasteiger partial charge in [0.2, 0.25) is 0 Å². The SMILES string of the molecule is COc1ccc(N=C2NN=C(c3cc(C)n(CC4CCCO4)c3C)CS2)cc1. The Hall–Kier alpha value is -2.25. The second-order valence-corrected chi connectivity index (χ2v) is 8.07. The molecule has 7 heteroatoms. The Morgan fingerprint density at radius 1 is 1.32 bits per heavy atom. The second kappa shape index (κ2) is 8.41. The first kappa shape index (κ1) is 19.1. The maximum absolute atomic E-state index is 5.82. The van der Waals surface area contributed by atoms with Crippen molar-refractivity contribution in [2.24, 2.45) is 10.1 Å². The molecule has 2 aromatic rings. The highest BCUT2D eigenvalue weighted by atomic mass is 32.2. The molecule has 1 saturated heterocycles. The lowest BCUT2D eigenvalue weighted by Gasteiger charge is -2.17. The zero-order chi connectivity index (χ0) is 19.5. The Balaban J connectivity index is 1.48. The maximum Gasteiger partial charge on any atom is 0.182 e. The minimum atomic E-state index is 0.335. The summed E-state index contributed by atoms with van der Waals surface area (Å²) in [5.74, 6) is 1.62. The molecule has 6 nitrogen and oxygen atoms in total. The monoisotopic (exact) mass is 398 g/mol. The molecule has 28 heavy (non-hydrogen) atoms. The van der Waals surface area contributed by atoms with Crippen LogP contribution in [0.1, 0.15) is 29.8 Å². The fourth-order valence-electron chi connectivity index (χ4n) is 3.65. The fraction of sp³-hybridized carbons (Fsp3) is 0.429. The molecular formula is C21H26N4O2S. The first-order chi connectivity index (χ1) is 13.6. The van der Waals surface area contributed by atoms with Gasteiger partial charge in [-0.25, -0.2) is 4.99 Å². The Kier molecular flexibility index (Phi) is 5.73. The van der Waals surface area contributed by atoms with Crippen molar-refractivity contribution >= 4 is 28.3 Å². The van der Waals surface area contributed by atoms with Crippen LogP contribution in [0.4, 0.5) is 5.69 Å². The second-order valence-electron chi connectivity index (χ2n) is 7.10. The van der Waals surface area contributed by atoms with Gasteiger partial charge in [-0.05, 0) is 57.0 Å². The standard InChI is InChI=1S/C21H26N4O2S/c1-14-11-19(15(2)25(14)12-18-5-4-10-27-18)20-13-28-21(24-23-20)22-16-6-8-17(26-3)9-7-16/h6-9,11,18H,4-5,10,12-13H2,1-3H3,(H,22,24). The van der Waals surface area contributed by atoms with Crippen molar-refractivity contribution < 1.29 is 9.47 Å². The highest BCUT2D eigenvalue weighted by Crippen LogP contribution is 2.24. The Morgan fingerprint density at radius 2 is 2.14 bits per heavy atom. The van der Waals surface area contributed by atoms with Crippen LogP contribution in [0.2, 0.25) is 0 Å². The Labute approximate surface area is 170 Å². The van der Waals surface area contributed by atoms with E-state index >= 15 is 0 Å². The lowest BCUT2D eigenvalue weighted by molar-refractivity contribution is 0.0962. The van der Waals surface area contributed by atoms with Crippen molar-refractivity contribution in [1.82, 2.24) is 9.99 Å². The van der Waals surface area contributed by atoms with Gasteiger partial charge in [0.1, 0.15) is 5.75 Å².